The molecule has 0 radical (unpaired) electrons. The van der Waals surface area contributed by atoms with Gasteiger partial charge in [0.05, 0.1) is 6.61 Å². The predicted molar refractivity (Wildman–Crippen MR) is 57.9 cm³/mol. The molecule has 0 amide bonds. The Bertz CT molecular complexity index is 243. The molecular weight excluding hydrogens is 233 g/mol. The van der Waals surface area contributed by atoms with Crippen molar-refractivity contribution in [2.45, 2.75) is 37.5 Å². The van der Waals surface area contributed by atoms with Gasteiger partial charge in [-0.25, -0.2) is 0 Å². The van der Waals surface area contributed by atoms with Crippen molar-refractivity contribution in [3.8, 4) is 0 Å². The summed E-state index contributed by atoms with van der Waals surface area (Å²) in [4.78, 5) is 2.47. The summed E-state index contributed by atoms with van der Waals surface area (Å²) >= 11 is 0. The van der Waals surface area contributed by atoms with Crippen molar-refractivity contribution < 1.29 is 17.9 Å². The monoisotopic (exact) mass is 252 g/mol. The molecule has 6 heteroatoms. The fourth-order valence-corrected chi connectivity index (χ4v) is 2.25. The minimum Gasteiger partial charge on any atom is -0.371 e. The molecule has 2 fully saturated rings. The van der Waals surface area contributed by atoms with E-state index in [1.54, 1.807) is 0 Å². The maximum atomic E-state index is 11.8. The Hall–Kier alpha value is -0.330. The van der Waals surface area contributed by atoms with Crippen molar-refractivity contribution in [1.29, 1.82) is 0 Å². The normalized spacial score (nSPS) is 26.6. The number of hydrogen-bond donors (Lipinski definition) is 1. The van der Waals surface area contributed by atoms with Crippen LogP contribution in [0, 0.1) is 0 Å². The van der Waals surface area contributed by atoms with E-state index in [4.69, 9.17) is 0 Å². The molecule has 3 nitrogen and oxygen atoms in total. The molecule has 1 aliphatic carbocycles. The zero-order chi connectivity index (χ0) is 12.3. The van der Waals surface area contributed by atoms with Crippen LogP contribution in [0.5, 0.6) is 0 Å². The first-order chi connectivity index (χ1) is 8.04. The molecule has 1 unspecified atom stereocenters. The second-order valence-corrected chi connectivity index (χ2v) is 4.83. The van der Waals surface area contributed by atoms with Gasteiger partial charge in [-0.2, -0.15) is 13.2 Å². The van der Waals surface area contributed by atoms with Gasteiger partial charge in [-0.15, -0.1) is 0 Å². The minimum absolute atomic E-state index is 0.124. The number of halogens is 3. The molecule has 1 saturated carbocycles. The van der Waals surface area contributed by atoms with Crippen LogP contribution in [-0.2, 0) is 4.74 Å². The first kappa shape index (κ1) is 13.1. The summed E-state index contributed by atoms with van der Waals surface area (Å²) in [6, 6.07) is 1.20. The van der Waals surface area contributed by atoms with Crippen molar-refractivity contribution >= 4 is 0 Å². The molecule has 1 saturated heterocycles. The third-order valence-corrected chi connectivity index (χ3v) is 3.23. The van der Waals surface area contributed by atoms with Crippen LogP contribution in [0.2, 0.25) is 0 Å². The Morgan fingerprint density at radius 2 is 2.00 bits per heavy atom. The second kappa shape index (κ2) is 5.54. The zero-order valence-electron chi connectivity index (χ0n) is 9.80. The van der Waals surface area contributed by atoms with Crippen LogP contribution >= 0.6 is 0 Å². The molecular formula is C11H19F3N2O. The van der Waals surface area contributed by atoms with E-state index in [1.807, 2.05) is 0 Å². The van der Waals surface area contributed by atoms with E-state index in [-0.39, 0.29) is 6.61 Å². The largest absolute Gasteiger partial charge is 0.411 e. The van der Waals surface area contributed by atoms with Gasteiger partial charge >= 0.3 is 6.18 Å². The van der Waals surface area contributed by atoms with Gasteiger partial charge in [-0.3, -0.25) is 4.90 Å². The molecule has 1 aliphatic heterocycles. The Morgan fingerprint density at radius 3 is 2.65 bits per heavy atom. The van der Waals surface area contributed by atoms with Crippen molar-refractivity contribution in [2.75, 3.05) is 32.8 Å². The highest BCUT2D eigenvalue weighted by molar-refractivity contribution is 4.91. The zero-order valence-corrected chi connectivity index (χ0v) is 9.80. The number of nitrogens with zero attached hydrogens (tertiary/aromatic N) is 1. The topological polar surface area (TPSA) is 24.5 Å². The van der Waals surface area contributed by atoms with Crippen LogP contribution in [0.4, 0.5) is 13.2 Å². The van der Waals surface area contributed by atoms with Crippen molar-refractivity contribution in [1.82, 2.24) is 10.2 Å². The summed E-state index contributed by atoms with van der Waals surface area (Å²) in [5, 5.41) is 3.25. The quantitative estimate of drug-likeness (QED) is 0.723. The van der Waals surface area contributed by atoms with Gasteiger partial charge in [0.1, 0.15) is 6.61 Å². The fraction of sp³-hybridized carbons (Fsp3) is 1.00. The van der Waals surface area contributed by atoms with Gasteiger partial charge in [0, 0.05) is 31.7 Å². The van der Waals surface area contributed by atoms with E-state index in [1.165, 1.54) is 12.8 Å². The maximum Gasteiger partial charge on any atom is 0.411 e. The molecule has 2 aliphatic rings. The highest BCUT2D eigenvalue weighted by Gasteiger charge is 2.34. The van der Waals surface area contributed by atoms with Gasteiger partial charge in [0.2, 0.25) is 0 Å². The number of likely N-dealkylation sites (tertiary alicyclic amines) is 1. The van der Waals surface area contributed by atoms with Gasteiger partial charge in [-0.1, -0.05) is 0 Å². The Balaban J connectivity index is 1.48. The lowest BCUT2D eigenvalue weighted by atomic mass is 10.3. The van der Waals surface area contributed by atoms with Crippen molar-refractivity contribution in [2.24, 2.45) is 0 Å². The summed E-state index contributed by atoms with van der Waals surface area (Å²) in [5.74, 6) is 0. The molecule has 1 heterocycles. The van der Waals surface area contributed by atoms with Crippen molar-refractivity contribution in [3.63, 3.8) is 0 Å². The van der Waals surface area contributed by atoms with E-state index in [9.17, 15) is 13.2 Å². The molecule has 0 aromatic rings. The predicted octanol–water partition coefficient (Wildman–Crippen LogP) is 1.39. The molecule has 1 N–H and O–H groups in total. The third kappa shape index (κ3) is 4.81. The summed E-state index contributed by atoms with van der Waals surface area (Å²) in [5.41, 5.74) is 0. The molecule has 1 atom stereocenters. The van der Waals surface area contributed by atoms with Crippen molar-refractivity contribution in [3.05, 3.63) is 0 Å². The van der Waals surface area contributed by atoms with Crippen LogP contribution in [0.25, 0.3) is 0 Å². The minimum atomic E-state index is -4.21. The second-order valence-electron chi connectivity index (χ2n) is 4.83. The number of hydrogen-bond acceptors (Lipinski definition) is 3. The Kier molecular flexibility index (Phi) is 4.27. The summed E-state index contributed by atoms with van der Waals surface area (Å²) < 4.78 is 39.9. The number of ether oxygens (including phenoxy) is 1. The summed E-state index contributed by atoms with van der Waals surface area (Å²) in [7, 11) is 0. The smallest absolute Gasteiger partial charge is 0.371 e. The number of alkyl halides is 3. The SMILES string of the molecule is FC(F)(F)COCCNC1CCN(C2CC2)C1. The maximum absolute atomic E-state index is 11.8. The summed E-state index contributed by atoms with van der Waals surface area (Å²) in [6.07, 6.45) is -0.505. The van der Waals surface area contributed by atoms with Crippen LogP contribution in [0.3, 0.4) is 0 Å². The van der Waals surface area contributed by atoms with Gasteiger partial charge in [0.15, 0.2) is 0 Å². The van der Waals surface area contributed by atoms with Crippen LogP contribution < -0.4 is 5.32 Å². The molecule has 17 heavy (non-hydrogen) atoms. The lowest BCUT2D eigenvalue weighted by Crippen LogP contribution is -2.35. The first-order valence-electron chi connectivity index (χ1n) is 6.16. The Morgan fingerprint density at radius 1 is 1.24 bits per heavy atom. The first-order valence-corrected chi connectivity index (χ1v) is 6.16. The standard InChI is InChI=1S/C11H19F3N2O/c12-11(13,14)8-17-6-4-15-9-3-5-16(7-9)10-1-2-10/h9-10,15H,1-8H2. The van der Waals surface area contributed by atoms with Gasteiger partial charge in [0.25, 0.3) is 0 Å². The molecule has 100 valence electrons. The van der Waals surface area contributed by atoms with E-state index < -0.39 is 12.8 Å². The number of rotatable bonds is 6. The van der Waals surface area contributed by atoms with Crippen LogP contribution in [-0.4, -0.2) is 56.0 Å². The lowest BCUT2D eigenvalue weighted by Gasteiger charge is -2.16. The highest BCUT2D eigenvalue weighted by atomic mass is 19.4. The van der Waals surface area contributed by atoms with Gasteiger partial charge < -0.3 is 10.1 Å². The molecule has 2 rings (SSSR count). The van der Waals surface area contributed by atoms with Crippen LogP contribution in [0.15, 0.2) is 0 Å². The Labute approximate surface area is 99.3 Å². The van der Waals surface area contributed by atoms with E-state index in [2.05, 4.69) is 15.0 Å². The van der Waals surface area contributed by atoms with E-state index in [0.717, 1.165) is 25.6 Å². The van der Waals surface area contributed by atoms with E-state index >= 15 is 0 Å². The fourth-order valence-electron chi connectivity index (χ4n) is 2.25. The van der Waals surface area contributed by atoms with E-state index in [0.29, 0.717) is 12.6 Å². The lowest BCUT2D eigenvalue weighted by molar-refractivity contribution is -0.173. The summed E-state index contributed by atoms with van der Waals surface area (Å²) in [6.45, 7) is 1.63. The molecule has 0 aromatic carbocycles. The number of nitrogens with one attached hydrogen (secondary N) is 1. The molecule has 0 bridgehead atoms. The third-order valence-electron chi connectivity index (χ3n) is 3.23. The van der Waals surface area contributed by atoms with Crippen LogP contribution in [0.1, 0.15) is 19.3 Å². The average Bonchev–Trinajstić information content (AvgIpc) is 2.97. The highest BCUT2D eigenvalue weighted by Crippen LogP contribution is 2.29. The average molecular weight is 252 g/mol. The van der Waals surface area contributed by atoms with Gasteiger partial charge in [-0.05, 0) is 19.3 Å². The molecule has 0 aromatic heterocycles. The molecule has 0 spiro atoms.